The maximum atomic E-state index is 11.0. The van der Waals surface area contributed by atoms with E-state index in [1.807, 2.05) is 12.1 Å². The van der Waals surface area contributed by atoms with Crippen LogP contribution in [0.25, 0.3) is 0 Å². The van der Waals surface area contributed by atoms with Crippen LogP contribution in [0.1, 0.15) is 5.56 Å². The van der Waals surface area contributed by atoms with Crippen molar-refractivity contribution in [3.8, 4) is 17.2 Å². The SMILES string of the molecule is COc1ccc(Oc2ccc(Br)cc2CN)cc1[N+](=O)[O-]. The fourth-order valence-corrected chi connectivity index (χ4v) is 2.22. The Morgan fingerprint density at radius 3 is 2.57 bits per heavy atom. The van der Waals surface area contributed by atoms with Gasteiger partial charge in [-0.05, 0) is 30.3 Å². The van der Waals surface area contributed by atoms with Crippen molar-refractivity contribution < 1.29 is 14.4 Å². The Labute approximate surface area is 129 Å². The predicted molar refractivity (Wildman–Crippen MR) is 81.8 cm³/mol. The lowest BCUT2D eigenvalue weighted by atomic mass is 10.2. The van der Waals surface area contributed by atoms with Gasteiger partial charge in [-0.15, -0.1) is 0 Å². The second-order valence-electron chi connectivity index (χ2n) is 4.15. The predicted octanol–water partition coefficient (Wildman–Crippen LogP) is 3.62. The molecule has 0 fully saturated rings. The van der Waals surface area contributed by atoms with Crippen LogP contribution < -0.4 is 15.2 Å². The van der Waals surface area contributed by atoms with Crippen molar-refractivity contribution in [3.63, 3.8) is 0 Å². The zero-order valence-electron chi connectivity index (χ0n) is 11.2. The summed E-state index contributed by atoms with van der Waals surface area (Å²) in [6.07, 6.45) is 0. The van der Waals surface area contributed by atoms with Crippen molar-refractivity contribution in [2.45, 2.75) is 6.54 Å². The number of halogens is 1. The summed E-state index contributed by atoms with van der Waals surface area (Å²) < 4.78 is 11.5. The van der Waals surface area contributed by atoms with E-state index in [1.54, 1.807) is 12.1 Å². The number of hydrogen-bond acceptors (Lipinski definition) is 5. The molecular formula is C14H13BrN2O4. The molecule has 0 amide bonds. The van der Waals surface area contributed by atoms with Crippen molar-refractivity contribution in [2.24, 2.45) is 5.73 Å². The normalized spacial score (nSPS) is 10.2. The molecule has 0 aromatic heterocycles. The lowest BCUT2D eigenvalue weighted by molar-refractivity contribution is -0.385. The number of hydrogen-bond donors (Lipinski definition) is 1. The molecule has 0 atom stereocenters. The van der Waals surface area contributed by atoms with Gasteiger partial charge in [0.1, 0.15) is 11.5 Å². The van der Waals surface area contributed by atoms with Crippen LogP contribution in [-0.4, -0.2) is 12.0 Å². The largest absolute Gasteiger partial charge is 0.490 e. The maximum absolute atomic E-state index is 11.0. The van der Waals surface area contributed by atoms with E-state index in [9.17, 15) is 10.1 Å². The average Bonchev–Trinajstić information content (AvgIpc) is 2.48. The number of nitro groups is 1. The summed E-state index contributed by atoms with van der Waals surface area (Å²) in [5.41, 5.74) is 6.31. The van der Waals surface area contributed by atoms with Crippen molar-refractivity contribution in [2.75, 3.05) is 7.11 Å². The summed E-state index contributed by atoms with van der Waals surface area (Å²) >= 11 is 3.36. The van der Waals surface area contributed by atoms with Gasteiger partial charge >= 0.3 is 5.69 Å². The first-order valence-corrected chi connectivity index (χ1v) is 6.83. The number of nitro benzene ring substituents is 1. The number of benzene rings is 2. The summed E-state index contributed by atoms with van der Waals surface area (Å²) in [6, 6.07) is 9.83. The Morgan fingerprint density at radius 2 is 1.95 bits per heavy atom. The minimum absolute atomic E-state index is 0.151. The van der Waals surface area contributed by atoms with Crippen LogP contribution in [0.3, 0.4) is 0 Å². The Kier molecular flexibility index (Phi) is 4.77. The van der Waals surface area contributed by atoms with Crippen LogP contribution in [0.15, 0.2) is 40.9 Å². The van der Waals surface area contributed by atoms with Gasteiger partial charge in [-0.2, -0.15) is 0 Å². The minimum Gasteiger partial charge on any atom is -0.490 e. The molecule has 0 heterocycles. The molecule has 2 N–H and O–H groups in total. The van der Waals surface area contributed by atoms with E-state index in [-0.39, 0.29) is 11.4 Å². The van der Waals surface area contributed by atoms with Crippen LogP contribution >= 0.6 is 15.9 Å². The second-order valence-corrected chi connectivity index (χ2v) is 5.06. The first-order valence-electron chi connectivity index (χ1n) is 6.04. The van der Waals surface area contributed by atoms with E-state index in [0.717, 1.165) is 10.0 Å². The van der Waals surface area contributed by atoms with Gasteiger partial charge in [0, 0.05) is 16.6 Å². The highest BCUT2D eigenvalue weighted by molar-refractivity contribution is 9.10. The first kappa shape index (κ1) is 15.3. The monoisotopic (exact) mass is 352 g/mol. The molecule has 0 saturated heterocycles. The zero-order chi connectivity index (χ0) is 15.4. The molecule has 2 aromatic rings. The smallest absolute Gasteiger partial charge is 0.314 e. The Balaban J connectivity index is 2.36. The third-order valence-corrected chi connectivity index (χ3v) is 3.31. The van der Waals surface area contributed by atoms with E-state index in [4.69, 9.17) is 15.2 Å². The number of nitrogens with two attached hydrogens (primary N) is 1. The molecular weight excluding hydrogens is 340 g/mol. The lowest BCUT2D eigenvalue weighted by Gasteiger charge is -2.11. The van der Waals surface area contributed by atoms with Crippen molar-refractivity contribution in [3.05, 3.63) is 56.5 Å². The zero-order valence-corrected chi connectivity index (χ0v) is 12.8. The third-order valence-electron chi connectivity index (χ3n) is 2.82. The highest BCUT2D eigenvalue weighted by Crippen LogP contribution is 2.34. The second kappa shape index (κ2) is 6.55. The number of nitrogens with zero attached hydrogens (tertiary/aromatic N) is 1. The molecule has 0 saturated carbocycles. The highest BCUT2D eigenvalue weighted by Gasteiger charge is 2.16. The van der Waals surface area contributed by atoms with Gasteiger partial charge in [0.25, 0.3) is 0 Å². The number of methoxy groups -OCH3 is 1. The molecule has 7 heteroatoms. The molecule has 0 bridgehead atoms. The molecule has 21 heavy (non-hydrogen) atoms. The van der Waals surface area contributed by atoms with E-state index in [1.165, 1.54) is 19.2 Å². The Hall–Kier alpha value is -2.12. The third kappa shape index (κ3) is 3.50. The minimum atomic E-state index is -0.517. The molecule has 0 radical (unpaired) electrons. The molecule has 0 unspecified atom stereocenters. The van der Waals surface area contributed by atoms with Crippen molar-refractivity contribution in [1.29, 1.82) is 0 Å². The van der Waals surface area contributed by atoms with E-state index in [2.05, 4.69) is 15.9 Å². The topological polar surface area (TPSA) is 87.6 Å². The molecule has 2 aromatic carbocycles. The van der Waals surface area contributed by atoms with Gasteiger partial charge in [0.15, 0.2) is 5.75 Å². The standard InChI is InChI=1S/C14H13BrN2O4/c1-20-14-5-3-11(7-12(14)17(18)19)21-13-4-2-10(15)6-9(13)8-16/h2-7H,8,16H2,1H3. The fourth-order valence-electron chi connectivity index (χ4n) is 1.81. The van der Waals surface area contributed by atoms with Gasteiger partial charge in [0.05, 0.1) is 18.1 Å². The van der Waals surface area contributed by atoms with Crippen LogP contribution in [0.5, 0.6) is 17.2 Å². The highest BCUT2D eigenvalue weighted by atomic mass is 79.9. The summed E-state index contributed by atoms with van der Waals surface area (Å²) in [4.78, 5) is 10.5. The molecule has 110 valence electrons. The quantitative estimate of drug-likeness (QED) is 0.655. The van der Waals surface area contributed by atoms with Crippen LogP contribution in [0.4, 0.5) is 5.69 Å². The first-order chi connectivity index (χ1) is 10.0. The number of ether oxygens (including phenoxy) is 2. The summed E-state index contributed by atoms with van der Waals surface area (Å²) in [6.45, 7) is 0.299. The maximum Gasteiger partial charge on any atom is 0.314 e. The van der Waals surface area contributed by atoms with E-state index in [0.29, 0.717) is 18.0 Å². The van der Waals surface area contributed by atoms with Crippen molar-refractivity contribution in [1.82, 2.24) is 0 Å². The van der Waals surface area contributed by atoms with Gasteiger partial charge in [0.2, 0.25) is 0 Å². The van der Waals surface area contributed by atoms with Gasteiger partial charge in [-0.25, -0.2) is 0 Å². The average molecular weight is 353 g/mol. The van der Waals surface area contributed by atoms with Crippen LogP contribution in [0, 0.1) is 10.1 Å². The molecule has 6 nitrogen and oxygen atoms in total. The number of rotatable bonds is 5. The van der Waals surface area contributed by atoms with Crippen molar-refractivity contribution >= 4 is 21.6 Å². The van der Waals surface area contributed by atoms with Gasteiger partial charge < -0.3 is 15.2 Å². The fraction of sp³-hybridized carbons (Fsp3) is 0.143. The summed E-state index contributed by atoms with van der Waals surface area (Å²) in [5.74, 6) is 1.09. The molecule has 2 rings (SSSR count). The van der Waals surface area contributed by atoms with Gasteiger partial charge in [-0.3, -0.25) is 10.1 Å². The van der Waals surface area contributed by atoms with Crippen LogP contribution in [-0.2, 0) is 6.54 Å². The van der Waals surface area contributed by atoms with Crippen LogP contribution in [0.2, 0.25) is 0 Å². The molecule has 0 spiro atoms. The Morgan fingerprint density at radius 1 is 1.24 bits per heavy atom. The molecule has 0 aliphatic carbocycles. The molecule has 0 aliphatic heterocycles. The summed E-state index contributed by atoms with van der Waals surface area (Å²) in [5, 5.41) is 11.0. The molecule has 0 aliphatic rings. The van der Waals surface area contributed by atoms with E-state index < -0.39 is 4.92 Å². The lowest BCUT2D eigenvalue weighted by Crippen LogP contribution is -2.00. The summed E-state index contributed by atoms with van der Waals surface area (Å²) in [7, 11) is 1.38. The van der Waals surface area contributed by atoms with E-state index >= 15 is 0 Å². The Bertz CT molecular complexity index is 676. The van der Waals surface area contributed by atoms with Gasteiger partial charge in [-0.1, -0.05) is 15.9 Å².